The fraction of sp³-hybridized carbons (Fsp3) is 0.125. The highest BCUT2D eigenvalue weighted by atomic mass is 79.9. The number of fused-ring (bicyclic) bond motifs is 2. The first-order valence-corrected chi connectivity index (χ1v) is 11.9. The van der Waals surface area contributed by atoms with E-state index in [4.69, 9.17) is 18.9 Å². The van der Waals surface area contributed by atoms with E-state index in [-0.39, 0.29) is 13.4 Å². The molecule has 2 heterocycles. The Balaban J connectivity index is 1.45. The molecule has 1 aliphatic rings. The molecule has 1 aliphatic heterocycles. The van der Waals surface area contributed by atoms with Crippen molar-refractivity contribution >= 4 is 49.0 Å². The van der Waals surface area contributed by atoms with E-state index in [0.717, 1.165) is 10.2 Å². The van der Waals surface area contributed by atoms with Gasteiger partial charge in [0.15, 0.2) is 23.0 Å². The number of H-pyrrole nitrogens is 1. The third-order valence-electron chi connectivity index (χ3n) is 5.29. The lowest BCUT2D eigenvalue weighted by atomic mass is 10.2. The van der Waals surface area contributed by atoms with Gasteiger partial charge in [0.2, 0.25) is 6.79 Å². The molecule has 0 radical (unpaired) electrons. The molecule has 0 spiro atoms. The number of nitrogens with one attached hydrogen (secondary N) is 1. The van der Waals surface area contributed by atoms with Crippen molar-refractivity contribution in [2.75, 3.05) is 13.9 Å². The van der Waals surface area contributed by atoms with Crippen molar-refractivity contribution < 1.29 is 18.9 Å². The van der Waals surface area contributed by atoms with Crippen LogP contribution in [0.5, 0.6) is 23.0 Å². The zero-order valence-electron chi connectivity index (χ0n) is 18.2. The van der Waals surface area contributed by atoms with Gasteiger partial charge in [-0.05, 0) is 67.8 Å². The van der Waals surface area contributed by atoms with Crippen molar-refractivity contribution in [3.8, 4) is 23.0 Å². The van der Waals surface area contributed by atoms with Gasteiger partial charge in [-0.15, -0.1) is 4.68 Å². The normalized spacial score (nSPS) is 12.4. The molecule has 1 N–H and O–H groups in total. The Morgan fingerprint density at radius 3 is 2.71 bits per heavy atom. The molecule has 35 heavy (non-hydrogen) atoms. The van der Waals surface area contributed by atoms with Crippen LogP contribution in [0.15, 0.2) is 72.2 Å². The van der Waals surface area contributed by atoms with Gasteiger partial charge in [-0.1, -0.05) is 18.2 Å². The molecule has 0 saturated heterocycles. The van der Waals surface area contributed by atoms with Crippen LogP contribution in [0.1, 0.15) is 11.1 Å². The van der Waals surface area contributed by atoms with E-state index < -0.39 is 11.2 Å². The summed E-state index contributed by atoms with van der Waals surface area (Å²) in [5.41, 5.74) is 0.731. The highest BCUT2D eigenvalue weighted by molar-refractivity contribution is 9.13. The van der Waals surface area contributed by atoms with Gasteiger partial charge in [0, 0.05) is 10.0 Å². The van der Waals surface area contributed by atoms with Crippen LogP contribution >= 0.6 is 31.9 Å². The minimum absolute atomic E-state index is 0.201. The zero-order valence-corrected chi connectivity index (χ0v) is 21.4. The zero-order chi connectivity index (χ0) is 24.5. The maximum atomic E-state index is 12.7. The molecule has 178 valence electrons. The fourth-order valence-electron chi connectivity index (χ4n) is 3.55. The van der Waals surface area contributed by atoms with Gasteiger partial charge >= 0.3 is 5.69 Å². The van der Waals surface area contributed by atoms with Crippen LogP contribution < -0.4 is 30.2 Å². The molecule has 0 bridgehead atoms. The largest absolute Gasteiger partial charge is 0.493 e. The highest BCUT2D eigenvalue weighted by Gasteiger charge is 2.18. The summed E-state index contributed by atoms with van der Waals surface area (Å²) in [7, 11) is 1.52. The van der Waals surface area contributed by atoms with Crippen molar-refractivity contribution in [2.24, 2.45) is 5.10 Å². The molecule has 0 saturated carbocycles. The predicted octanol–water partition coefficient (Wildman–Crippen LogP) is 4.41. The van der Waals surface area contributed by atoms with Gasteiger partial charge < -0.3 is 23.9 Å². The number of aromatic nitrogens is 2. The Labute approximate surface area is 215 Å². The lowest BCUT2D eigenvalue weighted by molar-refractivity contribution is 0.174. The molecule has 0 unspecified atom stereocenters. The summed E-state index contributed by atoms with van der Waals surface area (Å²) in [5.74, 6) is 2.27. The summed E-state index contributed by atoms with van der Waals surface area (Å²) >= 11 is 7.07. The van der Waals surface area contributed by atoms with E-state index in [1.807, 2.05) is 18.2 Å². The van der Waals surface area contributed by atoms with Gasteiger partial charge in [0.25, 0.3) is 5.56 Å². The lowest BCUT2D eigenvalue weighted by Gasteiger charge is -2.15. The summed E-state index contributed by atoms with van der Waals surface area (Å²) in [4.78, 5) is 27.8. The second-order valence-corrected chi connectivity index (χ2v) is 9.02. The maximum absolute atomic E-state index is 12.7. The quantitative estimate of drug-likeness (QED) is 0.328. The number of halogens is 2. The van der Waals surface area contributed by atoms with Crippen LogP contribution in [-0.2, 0) is 6.61 Å². The first-order valence-electron chi connectivity index (χ1n) is 10.3. The van der Waals surface area contributed by atoms with Gasteiger partial charge in [0.1, 0.15) is 6.61 Å². The van der Waals surface area contributed by atoms with E-state index in [1.54, 1.807) is 30.3 Å². The molecule has 0 aliphatic carbocycles. The lowest BCUT2D eigenvalue weighted by Crippen LogP contribution is -2.32. The second kappa shape index (κ2) is 9.59. The third kappa shape index (κ3) is 4.44. The molecule has 0 amide bonds. The van der Waals surface area contributed by atoms with Crippen molar-refractivity contribution in [1.82, 2.24) is 9.66 Å². The molecule has 1 aromatic heterocycles. The number of hydrogen-bond donors (Lipinski definition) is 1. The number of aromatic amines is 1. The SMILES string of the molecule is COc1cc(C=Nn2c(=O)[nH]c3ccccc3c2=O)c(Br)c(Br)c1OCc1ccc2c(c1)OCO2. The first kappa shape index (κ1) is 23.2. The number of rotatable bonds is 6. The van der Waals surface area contributed by atoms with E-state index in [0.29, 0.717) is 48.4 Å². The molecular weight excluding hydrogens is 586 g/mol. The fourth-order valence-corrected chi connectivity index (χ4v) is 4.48. The Bertz CT molecular complexity index is 1600. The van der Waals surface area contributed by atoms with Gasteiger partial charge in [-0.25, -0.2) is 4.79 Å². The minimum atomic E-state index is -0.643. The van der Waals surface area contributed by atoms with Crippen molar-refractivity contribution in [1.29, 1.82) is 0 Å². The number of nitrogens with zero attached hydrogens (tertiary/aromatic N) is 2. The molecule has 9 nitrogen and oxygen atoms in total. The van der Waals surface area contributed by atoms with Crippen LogP contribution in [0.25, 0.3) is 10.9 Å². The van der Waals surface area contributed by atoms with Gasteiger partial charge in [0.05, 0.1) is 28.7 Å². The van der Waals surface area contributed by atoms with E-state index >= 15 is 0 Å². The molecule has 0 fully saturated rings. The monoisotopic (exact) mass is 601 g/mol. The standard InChI is InChI=1S/C24H17Br2N3O6/c1-32-19-9-14(10-27-29-23(30)15-4-2-3-5-16(15)28-24(29)31)20(25)21(26)22(19)33-11-13-6-7-17-18(8-13)35-12-34-17/h2-10H,11-12H2,1H3,(H,28,31). The Hall–Kier alpha value is -3.57. The molecule has 5 rings (SSSR count). The number of benzene rings is 3. The summed E-state index contributed by atoms with van der Waals surface area (Å²) in [6.07, 6.45) is 1.39. The van der Waals surface area contributed by atoms with E-state index in [9.17, 15) is 9.59 Å². The average molecular weight is 603 g/mol. The number of methoxy groups -OCH3 is 1. The Morgan fingerprint density at radius 2 is 1.89 bits per heavy atom. The van der Waals surface area contributed by atoms with Crippen LogP contribution in [0.3, 0.4) is 0 Å². The second-order valence-electron chi connectivity index (χ2n) is 7.44. The summed E-state index contributed by atoms with van der Waals surface area (Å²) < 4.78 is 24.3. The van der Waals surface area contributed by atoms with Gasteiger partial charge in [-0.2, -0.15) is 5.10 Å². The van der Waals surface area contributed by atoms with E-state index in [1.165, 1.54) is 13.3 Å². The van der Waals surface area contributed by atoms with Crippen molar-refractivity contribution in [2.45, 2.75) is 6.61 Å². The predicted molar refractivity (Wildman–Crippen MR) is 137 cm³/mol. The first-order chi connectivity index (χ1) is 17.0. The average Bonchev–Trinajstić information content (AvgIpc) is 3.33. The Morgan fingerprint density at radius 1 is 1.09 bits per heavy atom. The van der Waals surface area contributed by atoms with Crippen molar-refractivity contribution in [3.63, 3.8) is 0 Å². The number of ether oxygens (including phenoxy) is 4. The third-order valence-corrected chi connectivity index (χ3v) is 7.44. The van der Waals surface area contributed by atoms with Crippen LogP contribution in [0.4, 0.5) is 0 Å². The molecule has 0 atom stereocenters. The molecular formula is C24H17Br2N3O6. The van der Waals surface area contributed by atoms with Crippen LogP contribution in [-0.4, -0.2) is 29.8 Å². The smallest absolute Gasteiger partial charge is 0.349 e. The number of para-hydroxylation sites is 1. The van der Waals surface area contributed by atoms with E-state index in [2.05, 4.69) is 41.9 Å². The molecule has 4 aromatic rings. The van der Waals surface area contributed by atoms with Crippen molar-refractivity contribution in [3.05, 3.63) is 89.4 Å². The summed E-state index contributed by atoms with van der Waals surface area (Å²) in [6, 6.07) is 14.0. The molecule has 11 heteroatoms. The number of hydrogen-bond acceptors (Lipinski definition) is 7. The summed E-state index contributed by atoms with van der Waals surface area (Å²) in [5, 5.41) is 4.48. The topological polar surface area (TPSA) is 104 Å². The highest BCUT2D eigenvalue weighted by Crippen LogP contribution is 2.43. The van der Waals surface area contributed by atoms with Gasteiger partial charge in [-0.3, -0.25) is 4.79 Å². The van der Waals surface area contributed by atoms with Crippen LogP contribution in [0.2, 0.25) is 0 Å². The Kier molecular flexibility index (Phi) is 6.35. The van der Waals surface area contributed by atoms with Crippen LogP contribution in [0, 0.1) is 0 Å². The maximum Gasteiger partial charge on any atom is 0.349 e. The summed E-state index contributed by atoms with van der Waals surface area (Å²) in [6.45, 7) is 0.458. The minimum Gasteiger partial charge on any atom is -0.493 e. The molecule has 3 aromatic carbocycles.